The predicted octanol–water partition coefficient (Wildman–Crippen LogP) is 1.72. The molecule has 0 aromatic heterocycles. The number of benzene rings is 1. The molecule has 1 aliphatic rings. The lowest BCUT2D eigenvalue weighted by Crippen LogP contribution is -2.42. The van der Waals surface area contributed by atoms with Gasteiger partial charge in [0.15, 0.2) is 0 Å². The molecule has 1 aromatic rings. The number of nitrogen functional groups attached to an aromatic ring is 1. The monoisotopic (exact) mass is 328 g/mol. The van der Waals surface area contributed by atoms with Crippen LogP contribution in [-0.4, -0.2) is 30.5 Å². The maximum Gasteiger partial charge on any atom is 0.292 e. The molecule has 0 spiro atoms. The van der Waals surface area contributed by atoms with E-state index >= 15 is 0 Å². The van der Waals surface area contributed by atoms with Crippen molar-refractivity contribution in [2.45, 2.75) is 19.8 Å². The molecule has 0 unspecified atom stereocenters. The second-order valence-electron chi connectivity index (χ2n) is 5.77. The maximum atomic E-state index is 12.1. The number of halogens is 1. The van der Waals surface area contributed by atoms with Crippen molar-refractivity contribution in [2.75, 3.05) is 25.4 Å². The Bertz CT molecular complexity index is 559. The van der Waals surface area contributed by atoms with Crippen molar-refractivity contribution in [1.82, 2.24) is 10.6 Å². The van der Waals surface area contributed by atoms with Gasteiger partial charge >= 0.3 is 0 Å². The number of nitro groups is 1. The lowest BCUT2D eigenvalue weighted by atomic mass is 9.81. The molecule has 1 aliphatic heterocycles. The van der Waals surface area contributed by atoms with E-state index in [1.807, 2.05) is 0 Å². The molecule has 8 heteroatoms. The third-order valence-corrected chi connectivity index (χ3v) is 3.98. The number of nitrogens with zero attached hydrogens (tertiary/aromatic N) is 1. The zero-order valence-electron chi connectivity index (χ0n) is 12.4. The fourth-order valence-electron chi connectivity index (χ4n) is 2.45. The van der Waals surface area contributed by atoms with Crippen LogP contribution in [0, 0.1) is 15.5 Å². The Kier molecular flexibility index (Phi) is 6.13. The number of piperidine rings is 1. The highest BCUT2D eigenvalue weighted by atomic mass is 35.5. The van der Waals surface area contributed by atoms with Crippen LogP contribution < -0.4 is 16.4 Å². The normalized spacial score (nSPS) is 16.4. The Morgan fingerprint density at radius 1 is 1.45 bits per heavy atom. The molecule has 0 radical (unpaired) electrons. The van der Waals surface area contributed by atoms with Crippen LogP contribution in [0.1, 0.15) is 30.1 Å². The van der Waals surface area contributed by atoms with E-state index in [4.69, 9.17) is 5.73 Å². The van der Waals surface area contributed by atoms with Gasteiger partial charge in [-0.3, -0.25) is 14.9 Å². The van der Waals surface area contributed by atoms with Crippen LogP contribution in [0.2, 0.25) is 0 Å². The summed E-state index contributed by atoms with van der Waals surface area (Å²) in [5.41, 5.74) is 5.67. The van der Waals surface area contributed by atoms with E-state index in [0.717, 1.165) is 25.9 Å². The molecular formula is C14H21ClN4O3. The summed E-state index contributed by atoms with van der Waals surface area (Å²) in [5.74, 6) is -0.308. The molecule has 1 heterocycles. The summed E-state index contributed by atoms with van der Waals surface area (Å²) >= 11 is 0. The molecule has 122 valence electrons. The second-order valence-corrected chi connectivity index (χ2v) is 5.77. The number of carbonyl (C=O) groups excluding carboxylic acids is 1. The van der Waals surface area contributed by atoms with E-state index in [9.17, 15) is 14.9 Å². The van der Waals surface area contributed by atoms with Gasteiger partial charge in [0.25, 0.3) is 11.6 Å². The molecular weight excluding hydrogens is 308 g/mol. The fraction of sp³-hybridized carbons (Fsp3) is 0.500. The van der Waals surface area contributed by atoms with Gasteiger partial charge < -0.3 is 16.4 Å². The van der Waals surface area contributed by atoms with Crippen molar-refractivity contribution in [3.8, 4) is 0 Å². The minimum Gasteiger partial charge on any atom is -0.393 e. The molecule has 0 aliphatic carbocycles. The molecule has 1 amide bonds. The first-order valence-corrected chi connectivity index (χ1v) is 6.94. The topological polar surface area (TPSA) is 110 Å². The summed E-state index contributed by atoms with van der Waals surface area (Å²) in [7, 11) is 0. The van der Waals surface area contributed by atoms with Gasteiger partial charge in [-0.25, -0.2) is 0 Å². The zero-order valence-corrected chi connectivity index (χ0v) is 13.2. The van der Waals surface area contributed by atoms with Gasteiger partial charge in [-0.1, -0.05) is 6.92 Å². The first-order chi connectivity index (χ1) is 9.91. The molecule has 0 bridgehead atoms. The average Bonchev–Trinajstić information content (AvgIpc) is 2.46. The number of amides is 1. The van der Waals surface area contributed by atoms with Crippen LogP contribution in [-0.2, 0) is 0 Å². The van der Waals surface area contributed by atoms with E-state index < -0.39 is 4.92 Å². The number of nitrogens with two attached hydrogens (primary N) is 1. The molecule has 4 N–H and O–H groups in total. The Balaban J connectivity index is 0.00000242. The summed E-state index contributed by atoms with van der Waals surface area (Å²) < 4.78 is 0. The molecule has 1 fully saturated rings. The van der Waals surface area contributed by atoms with Crippen molar-refractivity contribution >= 4 is 29.7 Å². The van der Waals surface area contributed by atoms with E-state index in [-0.39, 0.29) is 40.7 Å². The Labute approximate surface area is 135 Å². The van der Waals surface area contributed by atoms with E-state index in [1.54, 1.807) is 0 Å². The largest absolute Gasteiger partial charge is 0.393 e. The summed E-state index contributed by atoms with van der Waals surface area (Å²) in [4.78, 5) is 22.4. The Morgan fingerprint density at radius 3 is 2.68 bits per heavy atom. The molecule has 1 aromatic carbocycles. The highest BCUT2D eigenvalue weighted by molar-refractivity contribution is 5.95. The first kappa shape index (κ1) is 18.2. The van der Waals surface area contributed by atoms with Gasteiger partial charge in [0.1, 0.15) is 5.69 Å². The molecule has 0 saturated carbocycles. The van der Waals surface area contributed by atoms with E-state index in [1.165, 1.54) is 18.2 Å². The molecule has 2 rings (SSSR count). The minimum absolute atomic E-state index is 0. The summed E-state index contributed by atoms with van der Waals surface area (Å²) in [6.45, 7) is 4.59. The number of hydrogen-bond donors (Lipinski definition) is 3. The zero-order chi connectivity index (χ0) is 15.5. The predicted molar refractivity (Wildman–Crippen MR) is 87.3 cm³/mol. The first-order valence-electron chi connectivity index (χ1n) is 6.94. The van der Waals surface area contributed by atoms with E-state index in [2.05, 4.69) is 17.6 Å². The van der Waals surface area contributed by atoms with Crippen LogP contribution in [0.15, 0.2) is 18.2 Å². The summed E-state index contributed by atoms with van der Waals surface area (Å²) in [6.07, 6.45) is 1.99. The molecule has 7 nitrogen and oxygen atoms in total. The average molecular weight is 329 g/mol. The SMILES string of the molecule is CC1(CNC(=O)c2ccc(N)c([N+](=O)[O-])c2)CCNCC1.Cl. The van der Waals surface area contributed by atoms with Gasteiger partial charge in [0.2, 0.25) is 0 Å². The second kappa shape index (κ2) is 7.42. The Morgan fingerprint density at radius 2 is 2.09 bits per heavy atom. The van der Waals surface area contributed by atoms with Crippen molar-refractivity contribution in [2.24, 2.45) is 5.41 Å². The fourth-order valence-corrected chi connectivity index (χ4v) is 2.45. The minimum atomic E-state index is -0.583. The summed E-state index contributed by atoms with van der Waals surface area (Å²) in [5, 5.41) is 17.0. The van der Waals surface area contributed by atoms with Gasteiger partial charge in [-0.15, -0.1) is 12.4 Å². The number of rotatable bonds is 4. The van der Waals surface area contributed by atoms with Crippen molar-refractivity contribution in [1.29, 1.82) is 0 Å². The molecule has 22 heavy (non-hydrogen) atoms. The summed E-state index contributed by atoms with van der Waals surface area (Å²) in [6, 6.07) is 4.11. The quantitative estimate of drug-likeness (QED) is 0.443. The van der Waals surface area contributed by atoms with Gasteiger partial charge in [0.05, 0.1) is 4.92 Å². The number of nitrogens with one attached hydrogen (secondary N) is 2. The van der Waals surface area contributed by atoms with Gasteiger partial charge in [0, 0.05) is 18.2 Å². The number of nitro benzene ring substituents is 1. The standard InChI is InChI=1S/C14H20N4O3.ClH/c1-14(4-6-16-7-5-14)9-17-13(19)10-2-3-11(15)12(8-10)18(20)21;/h2-3,8,16H,4-7,9,15H2,1H3,(H,17,19);1H. The third-order valence-electron chi connectivity index (χ3n) is 3.98. The highest BCUT2D eigenvalue weighted by Gasteiger charge is 2.27. The number of hydrogen-bond acceptors (Lipinski definition) is 5. The molecule has 1 saturated heterocycles. The van der Waals surface area contributed by atoms with Crippen molar-refractivity contribution in [3.63, 3.8) is 0 Å². The number of carbonyl (C=O) groups is 1. The van der Waals surface area contributed by atoms with Crippen molar-refractivity contribution < 1.29 is 9.72 Å². The van der Waals surface area contributed by atoms with Crippen LogP contribution in [0.25, 0.3) is 0 Å². The van der Waals surface area contributed by atoms with Crippen LogP contribution >= 0.6 is 12.4 Å². The highest BCUT2D eigenvalue weighted by Crippen LogP contribution is 2.27. The van der Waals surface area contributed by atoms with Gasteiger partial charge in [-0.05, 0) is 43.5 Å². The van der Waals surface area contributed by atoms with Crippen LogP contribution in [0.5, 0.6) is 0 Å². The van der Waals surface area contributed by atoms with E-state index in [0.29, 0.717) is 6.54 Å². The maximum absolute atomic E-state index is 12.1. The lowest BCUT2D eigenvalue weighted by Gasteiger charge is -2.34. The number of anilines is 1. The Hall–Kier alpha value is -1.86. The smallest absolute Gasteiger partial charge is 0.292 e. The molecule has 0 atom stereocenters. The van der Waals surface area contributed by atoms with Crippen LogP contribution in [0.3, 0.4) is 0 Å². The van der Waals surface area contributed by atoms with Crippen LogP contribution in [0.4, 0.5) is 11.4 Å². The van der Waals surface area contributed by atoms with Crippen molar-refractivity contribution in [3.05, 3.63) is 33.9 Å². The third kappa shape index (κ3) is 4.32. The lowest BCUT2D eigenvalue weighted by molar-refractivity contribution is -0.383. The van der Waals surface area contributed by atoms with Gasteiger partial charge in [-0.2, -0.15) is 0 Å².